The summed E-state index contributed by atoms with van der Waals surface area (Å²) in [4.78, 5) is 0. The number of unbranched alkanes of at least 4 members (excludes halogenated alkanes) is 3. The second kappa shape index (κ2) is 7.09. The van der Waals surface area contributed by atoms with E-state index in [1.54, 1.807) is 0 Å². The van der Waals surface area contributed by atoms with Crippen molar-refractivity contribution in [2.75, 3.05) is 11.9 Å². The molecule has 0 bridgehead atoms. The van der Waals surface area contributed by atoms with Crippen LogP contribution in [0, 0.1) is 0 Å². The fourth-order valence-corrected chi connectivity index (χ4v) is 1.76. The van der Waals surface area contributed by atoms with Crippen molar-refractivity contribution in [1.82, 2.24) is 9.78 Å². The second-order valence-electron chi connectivity index (χ2n) is 4.08. The molecule has 90 valence electrons. The lowest BCUT2D eigenvalue weighted by atomic mass is 10.2. The Balaban J connectivity index is 2.23. The third-order valence-electron chi connectivity index (χ3n) is 2.64. The van der Waals surface area contributed by atoms with Crippen molar-refractivity contribution < 1.29 is 0 Å². The second-order valence-corrected chi connectivity index (χ2v) is 4.08. The van der Waals surface area contributed by atoms with Gasteiger partial charge in [0.1, 0.15) is 0 Å². The van der Waals surface area contributed by atoms with Crippen molar-refractivity contribution in [2.24, 2.45) is 7.05 Å². The van der Waals surface area contributed by atoms with Gasteiger partial charge in [0, 0.05) is 19.8 Å². The molecule has 0 spiro atoms. The van der Waals surface area contributed by atoms with Crippen molar-refractivity contribution >= 4 is 5.69 Å². The Kier molecular flexibility index (Phi) is 5.68. The average molecular weight is 221 g/mol. The predicted octanol–water partition coefficient (Wildman–Crippen LogP) is 3.14. The van der Waals surface area contributed by atoms with E-state index in [9.17, 15) is 0 Å². The standard InChI is InChI=1S/C13H23N3/c1-4-6-7-8-9-10-14-13-11-16(3)15-12(13)5-2/h4,11,14H,1,5-10H2,2-3H3. The van der Waals surface area contributed by atoms with Gasteiger partial charge in [-0.05, 0) is 25.7 Å². The molecule has 0 aliphatic heterocycles. The third-order valence-corrected chi connectivity index (χ3v) is 2.64. The maximum Gasteiger partial charge on any atom is 0.0853 e. The zero-order valence-electron chi connectivity index (χ0n) is 10.5. The number of hydrogen-bond acceptors (Lipinski definition) is 2. The molecule has 0 saturated heterocycles. The highest BCUT2D eigenvalue weighted by molar-refractivity contribution is 5.46. The first-order chi connectivity index (χ1) is 7.77. The van der Waals surface area contributed by atoms with Crippen LogP contribution in [0.15, 0.2) is 18.9 Å². The molecule has 3 heteroatoms. The van der Waals surface area contributed by atoms with Crippen LogP contribution >= 0.6 is 0 Å². The Labute approximate surface area is 98.5 Å². The highest BCUT2D eigenvalue weighted by Gasteiger charge is 2.03. The van der Waals surface area contributed by atoms with E-state index in [1.165, 1.54) is 24.9 Å². The lowest BCUT2D eigenvalue weighted by Crippen LogP contribution is -2.02. The van der Waals surface area contributed by atoms with Crippen molar-refractivity contribution in [3.8, 4) is 0 Å². The molecule has 0 amide bonds. The maximum absolute atomic E-state index is 4.40. The molecule has 16 heavy (non-hydrogen) atoms. The normalized spacial score (nSPS) is 10.4. The van der Waals surface area contributed by atoms with Crippen LogP contribution in [0.5, 0.6) is 0 Å². The number of nitrogens with zero attached hydrogens (tertiary/aromatic N) is 2. The van der Waals surface area contributed by atoms with E-state index < -0.39 is 0 Å². The van der Waals surface area contributed by atoms with Crippen LogP contribution in [0.25, 0.3) is 0 Å². The summed E-state index contributed by atoms with van der Waals surface area (Å²) in [6.45, 7) is 6.90. The van der Waals surface area contributed by atoms with Crippen molar-refractivity contribution in [3.05, 3.63) is 24.5 Å². The summed E-state index contributed by atoms with van der Waals surface area (Å²) in [5, 5.41) is 7.85. The SMILES string of the molecule is C=CCCCCCNc1cn(C)nc1CC. The molecule has 1 N–H and O–H groups in total. The molecule has 1 rings (SSSR count). The smallest absolute Gasteiger partial charge is 0.0853 e. The minimum atomic E-state index is 0.986. The molecule has 3 nitrogen and oxygen atoms in total. The van der Waals surface area contributed by atoms with E-state index in [0.717, 1.165) is 25.1 Å². The number of aryl methyl sites for hydroxylation is 2. The van der Waals surface area contributed by atoms with Gasteiger partial charge in [0.15, 0.2) is 0 Å². The Bertz CT molecular complexity index is 315. The van der Waals surface area contributed by atoms with Crippen LogP contribution in [0.1, 0.15) is 38.3 Å². The van der Waals surface area contributed by atoms with Gasteiger partial charge in [-0.2, -0.15) is 5.10 Å². The van der Waals surface area contributed by atoms with Crippen molar-refractivity contribution in [1.29, 1.82) is 0 Å². The fraction of sp³-hybridized carbons (Fsp3) is 0.615. The molecular weight excluding hydrogens is 198 g/mol. The zero-order chi connectivity index (χ0) is 11.8. The van der Waals surface area contributed by atoms with Gasteiger partial charge < -0.3 is 5.32 Å². The Hall–Kier alpha value is -1.25. The van der Waals surface area contributed by atoms with Gasteiger partial charge >= 0.3 is 0 Å². The summed E-state index contributed by atoms with van der Waals surface area (Å²) >= 11 is 0. The molecule has 0 fully saturated rings. The molecule has 1 aromatic heterocycles. The van der Waals surface area contributed by atoms with E-state index in [-0.39, 0.29) is 0 Å². The average Bonchev–Trinajstić information content (AvgIpc) is 2.64. The summed E-state index contributed by atoms with van der Waals surface area (Å²) in [6, 6.07) is 0. The summed E-state index contributed by atoms with van der Waals surface area (Å²) in [7, 11) is 1.97. The minimum Gasteiger partial charge on any atom is -0.382 e. The molecule has 0 aliphatic carbocycles. The summed E-state index contributed by atoms with van der Waals surface area (Å²) in [6.07, 6.45) is 9.89. The predicted molar refractivity (Wildman–Crippen MR) is 69.7 cm³/mol. The van der Waals surface area contributed by atoms with Gasteiger partial charge in [-0.15, -0.1) is 6.58 Å². The van der Waals surface area contributed by atoms with Crippen LogP contribution in [0.4, 0.5) is 5.69 Å². The van der Waals surface area contributed by atoms with Crippen LogP contribution in [0.3, 0.4) is 0 Å². The van der Waals surface area contributed by atoms with Gasteiger partial charge in [0.05, 0.1) is 11.4 Å². The van der Waals surface area contributed by atoms with Crippen molar-refractivity contribution in [3.63, 3.8) is 0 Å². The lowest BCUT2D eigenvalue weighted by molar-refractivity contribution is 0.708. The Morgan fingerprint density at radius 3 is 2.94 bits per heavy atom. The first kappa shape index (κ1) is 12.8. The Morgan fingerprint density at radius 2 is 2.25 bits per heavy atom. The van der Waals surface area contributed by atoms with E-state index >= 15 is 0 Å². The lowest BCUT2D eigenvalue weighted by Gasteiger charge is -2.04. The molecule has 0 atom stereocenters. The molecule has 0 saturated carbocycles. The number of hydrogen-bond donors (Lipinski definition) is 1. The molecule has 1 aromatic rings. The van der Waals surface area contributed by atoms with Gasteiger partial charge in [0.25, 0.3) is 0 Å². The van der Waals surface area contributed by atoms with Crippen LogP contribution in [-0.4, -0.2) is 16.3 Å². The summed E-state index contributed by atoms with van der Waals surface area (Å²) < 4.78 is 1.87. The number of anilines is 1. The molecule has 0 unspecified atom stereocenters. The number of aromatic nitrogens is 2. The van der Waals surface area contributed by atoms with Crippen molar-refractivity contribution in [2.45, 2.75) is 39.0 Å². The van der Waals surface area contributed by atoms with Gasteiger partial charge in [-0.3, -0.25) is 4.68 Å². The largest absolute Gasteiger partial charge is 0.382 e. The highest BCUT2D eigenvalue weighted by Crippen LogP contribution is 2.13. The van der Waals surface area contributed by atoms with Gasteiger partial charge in [-0.25, -0.2) is 0 Å². The third kappa shape index (κ3) is 4.09. The van der Waals surface area contributed by atoms with Crippen LogP contribution in [-0.2, 0) is 13.5 Å². The van der Waals surface area contributed by atoms with E-state index in [0.29, 0.717) is 0 Å². The first-order valence-corrected chi connectivity index (χ1v) is 6.15. The molecule has 0 aromatic carbocycles. The minimum absolute atomic E-state index is 0.986. The number of allylic oxidation sites excluding steroid dienone is 1. The van der Waals surface area contributed by atoms with E-state index in [2.05, 4.69) is 30.1 Å². The van der Waals surface area contributed by atoms with Crippen LogP contribution < -0.4 is 5.32 Å². The first-order valence-electron chi connectivity index (χ1n) is 6.15. The maximum atomic E-state index is 4.40. The highest BCUT2D eigenvalue weighted by atomic mass is 15.3. The molecule has 0 radical (unpaired) electrons. The monoisotopic (exact) mass is 221 g/mol. The number of rotatable bonds is 8. The van der Waals surface area contributed by atoms with E-state index in [1.807, 2.05) is 17.8 Å². The summed E-state index contributed by atoms with van der Waals surface area (Å²) in [5.74, 6) is 0. The number of nitrogens with one attached hydrogen (secondary N) is 1. The van der Waals surface area contributed by atoms with E-state index in [4.69, 9.17) is 0 Å². The molecular formula is C13H23N3. The van der Waals surface area contributed by atoms with Gasteiger partial charge in [-0.1, -0.05) is 19.4 Å². The summed E-state index contributed by atoms with van der Waals surface area (Å²) in [5.41, 5.74) is 2.35. The fourth-order valence-electron chi connectivity index (χ4n) is 1.76. The van der Waals surface area contributed by atoms with Gasteiger partial charge in [0.2, 0.25) is 0 Å². The molecule has 1 heterocycles. The topological polar surface area (TPSA) is 29.9 Å². The Morgan fingerprint density at radius 1 is 1.44 bits per heavy atom. The quantitative estimate of drug-likeness (QED) is 0.540. The zero-order valence-corrected chi connectivity index (χ0v) is 10.5. The molecule has 0 aliphatic rings. The van der Waals surface area contributed by atoms with Crippen LogP contribution in [0.2, 0.25) is 0 Å².